The summed E-state index contributed by atoms with van der Waals surface area (Å²) in [5.74, 6) is 0. The van der Waals surface area contributed by atoms with Crippen LogP contribution in [0.25, 0.3) is 0 Å². The van der Waals surface area contributed by atoms with E-state index in [1.54, 1.807) is 0 Å². The second-order valence-corrected chi connectivity index (χ2v) is 4.83. The molecule has 0 saturated carbocycles. The fraction of sp³-hybridized carbons (Fsp3) is 0.714. The van der Waals surface area contributed by atoms with Crippen LogP contribution in [0.2, 0.25) is 0 Å². The molecule has 0 bridgehead atoms. The monoisotopic (exact) mass is 226 g/mol. The maximum atomic E-state index is 11.2. The van der Waals surface area contributed by atoms with E-state index in [4.69, 9.17) is 5.73 Å². The summed E-state index contributed by atoms with van der Waals surface area (Å²) in [7, 11) is -3.20. The molecule has 0 aromatic rings. The zero-order valence-corrected chi connectivity index (χ0v) is 8.98. The Labute approximate surface area is 85.2 Å². The number of hydrogen-bond acceptors (Lipinski definition) is 3. The lowest BCUT2D eigenvalue weighted by Gasteiger charge is -2.27. The van der Waals surface area contributed by atoms with Gasteiger partial charge in [-0.3, -0.25) is 0 Å². The smallest absolute Gasteiger partial charge is 0.235 e. The van der Waals surface area contributed by atoms with Crippen LogP contribution >= 0.6 is 12.4 Å². The van der Waals surface area contributed by atoms with Gasteiger partial charge in [0.05, 0.1) is 0 Å². The van der Waals surface area contributed by atoms with Crippen LogP contribution in [0, 0.1) is 0 Å². The van der Waals surface area contributed by atoms with E-state index in [1.165, 1.54) is 4.31 Å². The minimum absolute atomic E-state index is 0. The second-order valence-electron chi connectivity index (χ2n) is 2.95. The van der Waals surface area contributed by atoms with Crippen LogP contribution in [0.3, 0.4) is 0 Å². The van der Waals surface area contributed by atoms with Gasteiger partial charge in [-0.1, -0.05) is 6.58 Å². The van der Waals surface area contributed by atoms with Crippen LogP contribution in [0.1, 0.15) is 12.8 Å². The van der Waals surface area contributed by atoms with Crippen LogP contribution in [0.4, 0.5) is 0 Å². The van der Waals surface area contributed by atoms with E-state index < -0.39 is 10.0 Å². The molecule has 0 radical (unpaired) electrons. The Balaban J connectivity index is 0.00000144. The summed E-state index contributed by atoms with van der Waals surface area (Å²) >= 11 is 0. The van der Waals surface area contributed by atoms with Crippen molar-refractivity contribution in [3.05, 3.63) is 12.0 Å². The van der Waals surface area contributed by atoms with E-state index in [0.717, 1.165) is 18.2 Å². The summed E-state index contributed by atoms with van der Waals surface area (Å²) in [4.78, 5) is 0. The highest BCUT2D eigenvalue weighted by atomic mass is 35.5. The van der Waals surface area contributed by atoms with Crippen molar-refractivity contribution in [1.82, 2.24) is 4.31 Å². The van der Waals surface area contributed by atoms with Gasteiger partial charge in [-0.25, -0.2) is 8.42 Å². The summed E-state index contributed by atoms with van der Waals surface area (Å²) in [6.45, 7) is 4.31. The van der Waals surface area contributed by atoms with E-state index in [1.807, 2.05) is 0 Å². The van der Waals surface area contributed by atoms with Crippen LogP contribution in [0.15, 0.2) is 12.0 Å². The molecule has 78 valence electrons. The molecule has 0 amide bonds. The molecule has 1 saturated heterocycles. The normalized spacial score (nSPS) is 20.7. The van der Waals surface area contributed by atoms with Gasteiger partial charge >= 0.3 is 0 Å². The number of piperidine rings is 1. The van der Waals surface area contributed by atoms with E-state index >= 15 is 0 Å². The summed E-state index contributed by atoms with van der Waals surface area (Å²) in [5.41, 5.74) is 5.63. The van der Waals surface area contributed by atoms with Gasteiger partial charge in [0, 0.05) is 24.5 Å². The Morgan fingerprint density at radius 2 is 1.85 bits per heavy atom. The van der Waals surface area contributed by atoms with Crippen molar-refractivity contribution in [3.63, 3.8) is 0 Å². The molecule has 0 aromatic carbocycles. The maximum Gasteiger partial charge on any atom is 0.235 e. The Hall–Kier alpha value is -0.100. The molecule has 1 aliphatic rings. The molecule has 0 aliphatic carbocycles. The Morgan fingerprint density at radius 3 is 2.23 bits per heavy atom. The number of sulfonamides is 1. The van der Waals surface area contributed by atoms with Gasteiger partial charge in [0.2, 0.25) is 10.0 Å². The van der Waals surface area contributed by atoms with E-state index in [9.17, 15) is 8.42 Å². The molecule has 2 N–H and O–H groups in total. The fourth-order valence-electron chi connectivity index (χ4n) is 1.24. The van der Waals surface area contributed by atoms with Gasteiger partial charge in [0.15, 0.2) is 0 Å². The van der Waals surface area contributed by atoms with Crippen LogP contribution in [-0.2, 0) is 10.0 Å². The van der Waals surface area contributed by atoms with Gasteiger partial charge in [-0.2, -0.15) is 4.31 Å². The average molecular weight is 227 g/mol. The summed E-state index contributed by atoms with van der Waals surface area (Å²) in [5, 5.41) is 0.990. The molecule has 4 nitrogen and oxygen atoms in total. The average Bonchev–Trinajstić information content (AvgIpc) is 2.05. The highest BCUT2D eigenvalue weighted by molar-refractivity contribution is 7.92. The zero-order chi connectivity index (χ0) is 9.19. The Morgan fingerprint density at radius 1 is 1.38 bits per heavy atom. The molecule has 0 spiro atoms. The summed E-state index contributed by atoms with van der Waals surface area (Å²) in [6.07, 6.45) is 1.49. The standard InChI is InChI=1S/C7H14N2O2S.ClH/c1-2-12(10,11)9-5-3-7(8)4-6-9;/h2,7H,1,3-6,8H2;1H. The van der Waals surface area contributed by atoms with Crippen LogP contribution in [-0.4, -0.2) is 31.9 Å². The van der Waals surface area contributed by atoms with Crippen molar-refractivity contribution in [1.29, 1.82) is 0 Å². The van der Waals surface area contributed by atoms with Crippen LogP contribution < -0.4 is 5.73 Å². The number of halogens is 1. The molecule has 0 aromatic heterocycles. The third-order valence-corrected chi connectivity index (χ3v) is 3.58. The van der Waals surface area contributed by atoms with E-state index in [-0.39, 0.29) is 18.4 Å². The SMILES string of the molecule is C=CS(=O)(=O)N1CCC(N)CC1.Cl. The van der Waals surface area contributed by atoms with Crippen LogP contribution in [0.5, 0.6) is 0 Å². The van der Waals surface area contributed by atoms with Crippen molar-refractivity contribution in [2.45, 2.75) is 18.9 Å². The largest absolute Gasteiger partial charge is 0.328 e. The zero-order valence-electron chi connectivity index (χ0n) is 7.35. The molecule has 6 heteroatoms. The molecule has 1 heterocycles. The van der Waals surface area contributed by atoms with Gasteiger partial charge in [-0.15, -0.1) is 12.4 Å². The predicted octanol–water partition coefficient (Wildman–Crippen LogP) is 0.305. The second kappa shape index (κ2) is 4.95. The van der Waals surface area contributed by atoms with Gasteiger partial charge < -0.3 is 5.73 Å². The summed E-state index contributed by atoms with van der Waals surface area (Å²) < 4.78 is 23.9. The predicted molar refractivity (Wildman–Crippen MR) is 55.1 cm³/mol. The highest BCUT2D eigenvalue weighted by Gasteiger charge is 2.23. The third kappa shape index (κ3) is 3.27. The first-order valence-corrected chi connectivity index (χ1v) is 5.45. The van der Waals surface area contributed by atoms with Gasteiger partial charge in [0.1, 0.15) is 0 Å². The first kappa shape index (κ1) is 12.9. The maximum absolute atomic E-state index is 11.2. The molecule has 1 aliphatic heterocycles. The third-order valence-electron chi connectivity index (χ3n) is 2.07. The summed E-state index contributed by atoms with van der Waals surface area (Å²) in [6, 6.07) is 0.154. The van der Waals surface area contributed by atoms with E-state index in [0.29, 0.717) is 13.1 Å². The molecule has 13 heavy (non-hydrogen) atoms. The lowest BCUT2D eigenvalue weighted by Crippen LogP contribution is -2.41. The molecule has 0 unspecified atom stereocenters. The minimum Gasteiger partial charge on any atom is -0.328 e. The van der Waals surface area contributed by atoms with Crippen molar-refractivity contribution in [2.75, 3.05) is 13.1 Å². The van der Waals surface area contributed by atoms with Crippen molar-refractivity contribution in [3.8, 4) is 0 Å². The molecule has 1 fully saturated rings. The number of rotatable bonds is 2. The lowest BCUT2D eigenvalue weighted by molar-refractivity contribution is 0.323. The van der Waals surface area contributed by atoms with E-state index in [2.05, 4.69) is 6.58 Å². The number of nitrogens with zero attached hydrogens (tertiary/aromatic N) is 1. The molecule has 0 atom stereocenters. The first-order chi connectivity index (χ1) is 5.56. The quantitative estimate of drug-likeness (QED) is 0.737. The topological polar surface area (TPSA) is 63.4 Å². The fourth-order valence-corrected chi connectivity index (χ4v) is 2.17. The molecular weight excluding hydrogens is 212 g/mol. The first-order valence-electron chi connectivity index (χ1n) is 3.94. The van der Waals surface area contributed by atoms with Crippen molar-refractivity contribution in [2.24, 2.45) is 5.73 Å². The molecule has 1 rings (SSSR count). The van der Waals surface area contributed by atoms with Crippen molar-refractivity contribution >= 4 is 22.4 Å². The Bertz CT molecular complexity index is 258. The number of nitrogens with two attached hydrogens (primary N) is 1. The van der Waals surface area contributed by atoms with Crippen molar-refractivity contribution < 1.29 is 8.42 Å². The lowest BCUT2D eigenvalue weighted by atomic mass is 10.1. The van der Waals surface area contributed by atoms with Gasteiger partial charge in [-0.05, 0) is 12.8 Å². The highest BCUT2D eigenvalue weighted by Crippen LogP contribution is 2.12. The Kier molecular flexibility index (Phi) is 4.91. The minimum atomic E-state index is -3.20. The van der Waals surface area contributed by atoms with Gasteiger partial charge in [0.25, 0.3) is 0 Å². The molecular formula is C7H15ClN2O2S. The number of hydrogen-bond donors (Lipinski definition) is 1.